The Morgan fingerprint density at radius 1 is 1.37 bits per heavy atom. The molecule has 1 aromatic carbocycles. The monoisotopic (exact) mass is 434 g/mol. The Kier molecular flexibility index (Phi) is 5.69. The Morgan fingerprint density at radius 2 is 2.15 bits per heavy atom. The van der Waals surface area contributed by atoms with E-state index in [9.17, 15) is 14.7 Å². The van der Waals surface area contributed by atoms with Gasteiger partial charge in [0.25, 0.3) is 0 Å². The van der Waals surface area contributed by atoms with Crippen LogP contribution in [0.2, 0.25) is 0 Å². The number of nitrogens with zero attached hydrogens (tertiary/aromatic N) is 2. The van der Waals surface area contributed by atoms with Crippen molar-refractivity contribution in [2.75, 3.05) is 13.2 Å². The number of carboxylic acids is 1. The van der Waals surface area contributed by atoms with Crippen LogP contribution in [0.25, 0.3) is 10.8 Å². The van der Waals surface area contributed by atoms with E-state index < -0.39 is 17.4 Å². The number of hydrogen-bond acceptors (Lipinski definition) is 4. The number of benzene rings is 1. The SMILES string of the molecule is CC(C)(COc1nccc2ccc(Br)cc12)CC(=O)N1CCCC1C(=O)O. The molecular formula is C20H23BrN2O4. The van der Waals surface area contributed by atoms with Gasteiger partial charge in [-0.15, -0.1) is 0 Å². The van der Waals surface area contributed by atoms with E-state index in [0.717, 1.165) is 21.7 Å². The zero-order chi connectivity index (χ0) is 19.6. The summed E-state index contributed by atoms with van der Waals surface area (Å²) in [4.78, 5) is 29.8. The second-order valence-electron chi connectivity index (χ2n) is 7.69. The maximum Gasteiger partial charge on any atom is 0.326 e. The number of carbonyl (C=O) groups is 2. The summed E-state index contributed by atoms with van der Waals surface area (Å²) in [6.45, 7) is 4.70. The van der Waals surface area contributed by atoms with Crippen LogP contribution < -0.4 is 4.74 Å². The number of pyridine rings is 1. The van der Waals surface area contributed by atoms with Crippen molar-refractivity contribution < 1.29 is 19.4 Å². The number of amides is 1. The number of rotatable bonds is 6. The van der Waals surface area contributed by atoms with Gasteiger partial charge in [-0.3, -0.25) is 4.79 Å². The lowest BCUT2D eigenvalue weighted by Gasteiger charge is -2.28. The minimum atomic E-state index is -0.930. The van der Waals surface area contributed by atoms with E-state index in [1.165, 1.54) is 4.90 Å². The third-order valence-electron chi connectivity index (χ3n) is 4.78. The lowest BCUT2D eigenvalue weighted by atomic mass is 9.89. The first kappa shape index (κ1) is 19.6. The van der Waals surface area contributed by atoms with Crippen molar-refractivity contribution in [1.29, 1.82) is 0 Å². The molecule has 1 fully saturated rings. The summed E-state index contributed by atoms with van der Waals surface area (Å²) in [7, 11) is 0. The number of likely N-dealkylation sites (tertiary alicyclic amines) is 1. The van der Waals surface area contributed by atoms with Crippen molar-refractivity contribution in [3.05, 3.63) is 34.9 Å². The maximum atomic E-state index is 12.6. The van der Waals surface area contributed by atoms with Crippen molar-refractivity contribution in [2.45, 2.75) is 39.2 Å². The molecule has 1 atom stereocenters. The average Bonchev–Trinajstić information content (AvgIpc) is 3.10. The topological polar surface area (TPSA) is 79.7 Å². The molecule has 0 bridgehead atoms. The molecule has 0 radical (unpaired) electrons. The van der Waals surface area contributed by atoms with Crippen LogP contribution in [0.15, 0.2) is 34.9 Å². The van der Waals surface area contributed by atoms with Crippen LogP contribution in [0, 0.1) is 5.41 Å². The molecule has 1 aliphatic heterocycles. The van der Waals surface area contributed by atoms with Gasteiger partial charge in [0, 0.05) is 34.4 Å². The molecule has 3 rings (SSSR count). The van der Waals surface area contributed by atoms with Crippen LogP contribution >= 0.6 is 15.9 Å². The summed E-state index contributed by atoms with van der Waals surface area (Å²) >= 11 is 3.46. The molecule has 1 N–H and O–H groups in total. The van der Waals surface area contributed by atoms with Crippen molar-refractivity contribution in [3.8, 4) is 5.88 Å². The Balaban J connectivity index is 1.67. The van der Waals surface area contributed by atoms with Crippen molar-refractivity contribution in [3.63, 3.8) is 0 Å². The van der Waals surface area contributed by atoms with Crippen LogP contribution in [0.4, 0.5) is 0 Å². The van der Waals surface area contributed by atoms with E-state index in [-0.39, 0.29) is 12.3 Å². The Hall–Kier alpha value is -2.15. The van der Waals surface area contributed by atoms with E-state index in [1.807, 2.05) is 38.1 Å². The maximum absolute atomic E-state index is 12.6. The predicted molar refractivity (Wildman–Crippen MR) is 106 cm³/mol. The standard InChI is InChI=1S/C20H23BrN2O4/c1-20(2,11-17(24)23-9-3-4-16(23)19(25)26)12-27-18-15-10-14(21)6-5-13(15)7-8-22-18/h5-8,10,16H,3-4,9,11-12H2,1-2H3,(H,25,26). The minimum Gasteiger partial charge on any atom is -0.480 e. The molecule has 2 heterocycles. The zero-order valence-electron chi connectivity index (χ0n) is 15.4. The van der Waals surface area contributed by atoms with E-state index >= 15 is 0 Å². The van der Waals surface area contributed by atoms with Crippen LogP contribution in [0.3, 0.4) is 0 Å². The summed E-state index contributed by atoms with van der Waals surface area (Å²) < 4.78 is 6.90. The van der Waals surface area contributed by atoms with Crippen LogP contribution in [0.5, 0.6) is 5.88 Å². The molecule has 0 aliphatic carbocycles. The van der Waals surface area contributed by atoms with Gasteiger partial charge in [-0.05, 0) is 36.4 Å². The fourth-order valence-electron chi connectivity index (χ4n) is 3.38. The molecule has 0 saturated carbocycles. The fraction of sp³-hybridized carbons (Fsp3) is 0.450. The van der Waals surface area contributed by atoms with Gasteiger partial charge >= 0.3 is 5.97 Å². The number of carbonyl (C=O) groups excluding carboxylic acids is 1. The molecule has 1 aromatic heterocycles. The van der Waals surface area contributed by atoms with Gasteiger partial charge in [-0.1, -0.05) is 35.8 Å². The molecule has 1 amide bonds. The second-order valence-corrected chi connectivity index (χ2v) is 8.61. The highest BCUT2D eigenvalue weighted by Gasteiger charge is 2.36. The first-order valence-electron chi connectivity index (χ1n) is 8.96. The minimum absolute atomic E-state index is 0.137. The van der Waals surface area contributed by atoms with E-state index in [1.54, 1.807) is 6.20 Å². The molecule has 2 aromatic rings. The molecule has 1 unspecified atom stereocenters. The summed E-state index contributed by atoms with van der Waals surface area (Å²) in [6.07, 6.45) is 3.18. The van der Waals surface area contributed by atoms with Gasteiger partial charge < -0.3 is 14.7 Å². The number of halogens is 1. The number of carboxylic acid groups (broad SMARTS) is 1. The highest BCUT2D eigenvalue weighted by molar-refractivity contribution is 9.10. The first-order chi connectivity index (χ1) is 12.8. The van der Waals surface area contributed by atoms with Crippen LogP contribution in [-0.4, -0.2) is 46.1 Å². The quantitative estimate of drug-likeness (QED) is 0.746. The zero-order valence-corrected chi connectivity index (χ0v) is 17.0. The molecule has 0 spiro atoms. The Morgan fingerprint density at radius 3 is 2.89 bits per heavy atom. The summed E-state index contributed by atoms with van der Waals surface area (Å²) in [6, 6.07) is 7.12. The lowest BCUT2D eigenvalue weighted by molar-refractivity contribution is -0.149. The summed E-state index contributed by atoms with van der Waals surface area (Å²) in [5.74, 6) is -0.540. The smallest absolute Gasteiger partial charge is 0.326 e. The first-order valence-corrected chi connectivity index (χ1v) is 9.75. The van der Waals surface area contributed by atoms with Crippen LogP contribution in [0.1, 0.15) is 33.1 Å². The molecule has 1 saturated heterocycles. The van der Waals surface area contributed by atoms with Gasteiger partial charge in [0.15, 0.2) is 0 Å². The van der Waals surface area contributed by atoms with E-state index in [0.29, 0.717) is 25.5 Å². The van der Waals surface area contributed by atoms with Gasteiger partial charge in [0.2, 0.25) is 11.8 Å². The van der Waals surface area contributed by atoms with E-state index in [4.69, 9.17) is 4.74 Å². The van der Waals surface area contributed by atoms with Crippen molar-refractivity contribution in [2.24, 2.45) is 5.41 Å². The van der Waals surface area contributed by atoms with Crippen LogP contribution in [-0.2, 0) is 9.59 Å². The number of hydrogen-bond donors (Lipinski definition) is 1. The average molecular weight is 435 g/mol. The number of ether oxygens (including phenoxy) is 1. The fourth-order valence-corrected chi connectivity index (χ4v) is 3.74. The highest BCUT2D eigenvalue weighted by Crippen LogP contribution is 2.30. The van der Waals surface area contributed by atoms with Gasteiger partial charge in [0.1, 0.15) is 6.04 Å². The third-order valence-corrected chi connectivity index (χ3v) is 5.27. The van der Waals surface area contributed by atoms with Gasteiger partial charge in [0.05, 0.1) is 6.61 Å². The van der Waals surface area contributed by atoms with Gasteiger partial charge in [-0.2, -0.15) is 0 Å². The molecule has 6 nitrogen and oxygen atoms in total. The third kappa shape index (κ3) is 4.58. The van der Waals surface area contributed by atoms with Crippen molar-refractivity contribution >= 4 is 38.6 Å². The molecular weight excluding hydrogens is 412 g/mol. The molecule has 7 heteroatoms. The van der Waals surface area contributed by atoms with E-state index in [2.05, 4.69) is 20.9 Å². The number of aliphatic carboxylic acids is 1. The molecule has 1 aliphatic rings. The van der Waals surface area contributed by atoms with Crippen molar-refractivity contribution in [1.82, 2.24) is 9.88 Å². The molecule has 27 heavy (non-hydrogen) atoms. The lowest BCUT2D eigenvalue weighted by Crippen LogP contribution is -2.42. The molecule has 144 valence electrons. The highest BCUT2D eigenvalue weighted by atomic mass is 79.9. The number of aromatic nitrogens is 1. The second kappa shape index (κ2) is 7.84. The largest absolute Gasteiger partial charge is 0.480 e. The normalized spacial score (nSPS) is 17.3. The summed E-state index contributed by atoms with van der Waals surface area (Å²) in [5, 5.41) is 11.2. The summed E-state index contributed by atoms with van der Waals surface area (Å²) in [5.41, 5.74) is -0.446. The Bertz CT molecular complexity index is 868. The number of fused-ring (bicyclic) bond motifs is 1. The Labute approximate surface area is 166 Å². The van der Waals surface area contributed by atoms with Gasteiger partial charge in [-0.25, -0.2) is 9.78 Å². The predicted octanol–water partition coefficient (Wildman–Crippen LogP) is 3.87.